The van der Waals surface area contributed by atoms with E-state index in [-0.39, 0.29) is 18.3 Å². The summed E-state index contributed by atoms with van der Waals surface area (Å²) >= 11 is 0. The van der Waals surface area contributed by atoms with Crippen LogP contribution in [-0.2, 0) is 9.47 Å². The van der Waals surface area contributed by atoms with E-state index >= 15 is 0 Å². The highest BCUT2D eigenvalue weighted by Crippen LogP contribution is 2.31. The summed E-state index contributed by atoms with van der Waals surface area (Å²) in [5.41, 5.74) is 0. The minimum Gasteiger partial charge on any atom is -0.386 e. The molecule has 0 amide bonds. The van der Waals surface area contributed by atoms with Crippen molar-refractivity contribution in [1.29, 1.82) is 0 Å². The van der Waals surface area contributed by atoms with Gasteiger partial charge in [0.1, 0.15) is 0 Å². The van der Waals surface area contributed by atoms with E-state index in [0.717, 1.165) is 25.9 Å². The van der Waals surface area contributed by atoms with Crippen LogP contribution in [0.15, 0.2) is 12.7 Å². The Morgan fingerprint density at radius 1 is 1.46 bits per heavy atom. The Bertz CT molecular complexity index is 179. The molecule has 0 aromatic rings. The van der Waals surface area contributed by atoms with E-state index in [1.807, 2.05) is 0 Å². The van der Waals surface area contributed by atoms with Gasteiger partial charge in [-0.3, -0.25) is 0 Å². The van der Waals surface area contributed by atoms with Gasteiger partial charge in [0.25, 0.3) is 0 Å². The SMILES string of the molecule is C=C[C@@H](O)[C@H]1C[C@H]2OCCC[C@H]2O1. The highest BCUT2D eigenvalue weighted by Gasteiger charge is 2.39. The first-order chi connectivity index (χ1) is 6.31. The number of rotatable bonds is 2. The van der Waals surface area contributed by atoms with Crippen molar-refractivity contribution in [2.45, 2.75) is 43.7 Å². The van der Waals surface area contributed by atoms with Crippen LogP contribution in [0.3, 0.4) is 0 Å². The first kappa shape index (κ1) is 9.19. The predicted molar refractivity (Wildman–Crippen MR) is 48.5 cm³/mol. The molecule has 2 aliphatic heterocycles. The van der Waals surface area contributed by atoms with Crippen molar-refractivity contribution in [3.8, 4) is 0 Å². The number of ether oxygens (including phenoxy) is 2. The lowest BCUT2D eigenvalue weighted by Crippen LogP contribution is -2.29. The Hall–Kier alpha value is -0.380. The molecule has 0 aromatic heterocycles. The van der Waals surface area contributed by atoms with E-state index in [0.29, 0.717) is 0 Å². The zero-order valence-corrected chi connectivity index (χ0v) is 7.69. The van der Waals surface area contributed by atoms with E-state index in [4.69, 9.17) is 9.47 Å². The van der Waals surface area contributed by atoms with Crippen molar-refractivity contribution in [3.63, 3.8) is 0 Å². The lowest BCUT2D eigenvalue weighted by atomic mass is 10.0. The van der Waals surface area contributed by atoms with Crippen LogP contribution in [0.5, 0.6) is 0 Å². The van der Waals surface area contributed by atoms with E-state index in [9.17, 15) is 5.11 Å². The molecule has 0 radical (unpaired) electrons. The van der Waals surface area contributed by atoms with Crippen molar-refractivity contribution < 1.29 is 14.6 Å². The molecule has 0 saturated carbocycles. The van der Waals surface area contributed by atoms with Gasteiger partial charge in [-0.15, -0.1) is 6.58 Å². The summed E-state index contributed by atoms with van der Waals surface area (Å²) in [6.45, 7) is 4.39. The maximum Gasteiger partial charge on any atom is 0.0981 e. The molecule has 2 fully saturated rings. The summed E-state index contributed by atoms with van der Waals surface area (Å²) in [7, 11) is 0. The molecule has 0 bridgehead atoms. The Morgan fingerprint density at radius 2 is 2.31 bits per heavy atom. The number of aliphatic hydroxyl groups excluding tert-OH is 1. The average Bonchev–Trinajstić information content (AvgIpc) is 2.59. The van der Waals surface area contributed by atoms with Gasteiger partial charge in [0.2, 0.25) is 0 Å². The highest BCUT2D eigenvalue weighted by molar-refractivity contribution is 4.94. The molecule has 13 heavy (non-hydrogen) atoms. The molecule has 2 rings (SSSR count). The van der Waals surface area contributed by atoms with Gasteiger partial charge in [-0.1, -0.05) is 6.08 Å². The molecule has 3 heteroatoms. The molecular weight excluding hydrogens is 168 g/mol. The number of fused-ring (bicyclic) bond motifs is 1. The smallest absolute Gasteiger partial charge is 0.0981 e. The van der Waals surface area contributed by atoms with E-state index < -0.39 is 6.10 Å². The van der Waals surface area contributed by atoms with Crippen molar-refractivity contribution in [2.75, 3.05) is 6.61 Å². The molecule has 1 N–H and O–H groups in total. The molecule has 74 valence electrons. The molecule has 2 heterocycles. The topological polar surface area (TPSA) is 38.7 Å². The first-order valence-corrected chi connectivity index (χ1v) is 4.89. The monoisotopic (exact) mass is 184 g/mol. The van der Waals surface area contributed by atoms with Gasteiger partial charge in [0, 0.05) is 13.0 Å². The Balaban J connectivity index is 1.94. The fourth-order valence-electron chi connectivity index (χ4n) is 2.07. The largest absolute Gasteiger partial charge is 0.386 e. The standard InChI is InChI=1S/C10H16O3/c1-2-7(11)9-6-10-8(13-9)4-3-5-12-10/h2,7-11H,1,3-6H2/t7-,8-,9-,10-/m1/s1. The van der Waals surface area contributed by atoms with E-state index in [1.165, 1.54) is 6.08 Å². The summed E-state index contributed by atoms with van der Waals surface area (Å²) in [5.74, 6) is 0. The van der Waals surface area contributed by atoms with Crippen molar-refractivity contribution in [3.05, 3.63) is 12.7 Å². The Kier molecular flexibility index (Phi) is 2.67. The minimum atomic E-state index is -0.547. The zero-order valence-electron chi connectivity index (χ0n) is 7.69. The van der Waals surface area contributed by atoms with Crippen LogP contribution in [0.1, 0.15) is 19.3 Å². The molecule has 0 spiro atoms. The second kappa shape index (κ2) is 3.78. The average molecular weight is 184 g/mol. The van der Waals surface area contributed by atoms with Crippen LogP contribution in [0.25, 0.3) is 0 Å². The van der Waals surface area contributed by atoms with Crippen LogP contribution in [-0.4, -0.2) is 36.1 Å². The molecule has 2 aliphatic rings. The Morgan fingerprint density at radius 3 is 3.00 bits per heavy atom. The zero-order chi connectivity index (χ0) is 9.26. The maximum absolute atomic E-state index is 9.51. The third-order valence-electron chi connectivity index (χ3n) is 2.82. The van der Waals surface area contributed by atoms with Gasteiger partial charge < -0.3 is 14.6 Å². The van der Waals surface area contributed by atoms with Gasteiger partial charge in [-0.05, 0) is 12.8 Å². The summed E-state index contributed by atoms with van der Waals surface area (Å²) in [4.78, 5) is 0. The normalized spacial score (nSPS) is 41.2. The Labute approximate surface area is 78.3 Å². The number of hydrogen-bond donors (Lipinski definition) is 1. The number of aliphatic hydroxyl groups is 1. The molecule has 0 unspecified atom stereocenters. The molecular formula is C10H16O3. The summed E-state index contributed by atoms with van der Waals surface area (Å²) < 4.78 is 11.2. The minimum absolute atomic E-state index is 0.106. The van der Waals surface area contributed by atoms with Crippen LogP contribution < -0.4 is 0 Å². The quantitative estimate of drug-likeness (QED) is 0.647. The second-order valence-corrected chi connectivity index (χ2v) is 3.73. The predicted octanol–water partition coefficient (Wildman–Crippen LogP) is 0.870. The van der Waals surface area contributed by atoms with Crippen LogP contribution in [0.4, 0.5) is 0 Å². The highest BCUT2D eigenvalue weighted by atomic mass is 16.6. The van der Waals surface area contributed by atoms with Gasteiger partial charge in [-0.25, -0.2) is 0 Å². The summed E-state index contributed by atoms with van der Waals surface area (Å²) in [5, 5.41) is 9.51. The van der Waals surface area contributed by atoms with Gasteiger partial charge in [-0.2, -0.15) is 0 Å². The van der Waals surface area contributed by atoms with Crippen LogP contribution >= 0.6 is 0 Å². The number of hydrogen-bond acceptors (Lipinski definition) is 3. The lowest BCUT2D eigenvalue weighted by molar-refractivity contribution is -0.0706. The van der Waals surface area contributed by atoms with Gasteiger partial charge >= 0.3 is 0 Å². The third kappa shape index (κ3) is 1.77. The van der Waals surface area contributed by atoms with Crippen molar-refractivity contribution >= 4 is 0 Å². The first-order valence-electron chi connectivity index (χ1n) is 4.89. The van der Waals surface area contributed by atoms with Crippen molar-refractivity contribution in [2.24, 2.45) is 0 Å². The van der Waals surface area contributed by atoms with Crippen LogP contribution in [0, 0.1) is 0 Å². The second-order valence-electron chi connectivity index (χ2n) is 3.73. The molecule has 2 saturated heterocycles. The van der Waals surface area contributed by atoms with E-state index in [2.05, 4.69) is 6.58 Å². The van der Waals surface area contributed by atoms with E-state index in [1.54, 1.807) is 0 Å². The third-order valence-corrected chi connectivity index (χ3v) is 2.82. The fourth-order valence-corrected chi connectivity index (χ4v) is 2.07. The fraction of sp³-hybridized carbons (Fsp3) is 0.800. The van der Waals surface area contributed by atoms with Crippen molar-refractivity contribution in [1.82, 2.24) is 0 Å². The van der Waals surface area contributed by atoms with Crippen LogP contribution in [0.2, 0.25) is 0 Å². The molecule has 0 aromatic carbocycles. The summed E-state index contributed by atoms with van der Waals surface area (Å²) in [6.07, 6.45) is 4.21. The maximum atomic E-state index is 9.51. The van der Waals surface area contributed by atoms with Gasteiger partial charge in [0.05, 0.1) is 24.4 Å². The summed E-state index contributed by atoms with van der Waals surface area (Å²) in [6, 6.07) is 0. The molecule has 4 atom stereocenters. The lowest BCUT2D eigenvalue weighted by Gasteiger charge is -2.23. The molecule has 0 aliphatic carbocycles. The molecule has 3 nitrogen and oxygen atoms in total. The van der Waals surface area contributed by atoms with Gasteiger partial charge in [0.15, 0.2) is 0 Å².